The third-order valence-corrected chi connectivity index (χ3v) is 5.00. The van der Waals surface area contributed by atoms with Crippen LogP contribution < -0.4 is 5.32 Å². The van der Waals surface area contributed by atoms with Crippen molar-refractivity contribution in [3.05, 3.63) is 0 Å². The molecule has 2 unspecified atom stereocenters. The number of carbonyl (C=O) groups is 1. The van der Waals surface area contributed by atoms with Crippen LogP contribution in [0, 0.1) is 34.1 Å². The van der Waals surface area contributed by atoms with Gasteiger partial charge in [-0.15, -0.1) is 0 Å². The van der Waals surface area contributed by atoms with Gasteiger partial charge in [-0.05, 0) is 55.8 Å². The second kappa shape index (κ2) is 3.00. The molecular weight excluding hydrogens is 200 g/mol. The minimum atomic E-state index is -0.200. The number of nitrogens with zero attached hydrogens (tertiary/aromatic N) is 1. The van der Waals surface area contributed by atoms with Crippen LogP contribution in [-0.4, -0.2) is 5.91 Å². The van der Waals surface area contributed by atoms with Crippen molar-refractivity contribution >= 4 is 5.91 Å². The Labute approximate surface area is 96.2 Å². The van der Waals surface area contributed by atoms with Crippen LogP contribution in [0.5, 0.6) is 0 Å². The van der Waals surface area contributed by atoms with Crippen LogP contribution in [0.4, 0.5) is 0 Å². The molecule has 0 aromatic carbocycles. The highest BCUT2D eigenvalue weighted by Crippen LogP contribution is 2.65. The summed E-state index contributed by atoms with van der Waals surface area (Å²) in [6, 6.07) is 0. The van der Waals surface area contributed by atoms with Crippen LogP contribution in [0.1, 0.15) is 45.4 Å². The van der Waals surface area contributed by atoms with Gasteiger partial charge in [0.1, 0.15) is 0 Å². The molecule has 4 saturated carbocycles. The van der Waals surface area contributed by atoms with E-state index in [1.54, 1.807) is 6.19 Å². The van der Waals surface area contributed by atoms with Crippen LogP contribution in [0.3, 0.4) is 0 Å². The van der Waals surface area contributed by atoms with Crippen LogP contribution in [-0.2, 0) is 4.79 Å². The van der Waals surface area contributed by atoms with Crippen molar-refractivity contribution in [2.24, 2.45) is 22.7 Å². The van der Waals surface area contributed by atoms with Gasteiger partial charge in [-0.2, -0.15) is 5.26 Å². The molecule has 16 heavy (non-hydrogen) atoms. The molecular formula is C13H18N2O. The van der Waals surface area contributed by atoms with Gasteiger partial charge in [0.25, 0.3) is 0 Å². The average Bonchev–Trinajstić information content (AvgIpc) is 2.13. The van der Waals surface area contributed by atoms with Crippen molar-refractivity contribution in [3.8, 4) is 6.19 Å². The maximum atomic E-state index is 12.1. The summed E-state index contributed by atoms with van der Waals surface area (Å²) >= 11 is 0. The highest BCUT2D eigenvalue weighted by molar-refractivity contribution is 5.84. The molecule has 0 saturated heterocycles. The molecule has 2 atom stereocenters. The topological polar surface area (TPSA) is 52.9 Å². The SMILES string of the molecule is CC12CC3CC(C1)CC(C(=O)NC#N)(C3)C2. The van der Waals surface area contributed by atoms with Crippen molar-refractivity contribution in [2.45, 2.75) is 45.4 Å². The summed E-state index contributed by atoms with van der Waals surface area (Å²) in [6.07, 6.45) is 8.76. The lowest BCUT2D eigenvalue weighted by Crippen LogP contribution is -2.56. The lowest BCUT2D eigenvalue weighted by Gasteiger charge is -2.60. The fraction of sp³-hybridized carbons (Fsp3) is 0.846. The predicted molar refractivity (Wildman–Crippen MR) is 59.0 cm³/mol. The molecule has 1 N–H and O–H groups in total. The van der Waals surface area contributed by atoms with Crippen molar-refractivity contribution < 1.29 is 4.79 Å². The number of hydrogen-bond acceptors (Lipinski definition) is 2. The Hall–Kier alpha value is -1.04. The number of nitriles is 1. The maximum Gasteiger partial charge on any atom is 0.239 e. The molecule has 0 radical (unpaired) electrons. The molecule has 4 aliphatic carbocycles. The summed E-state index contributed by atoms with van der Waals surface area (Å²) in [7, 11) is 0. The van der Waals surface area contributed by atoms with E-state index in [-0.39, 0.29) is 11.3 Å². The number of amides is 1. The summed E-state index contributed by atoms with van der Waals surface area (Å²) in [5.74, 6) is 1.46. The predicted octanol–water partition coefficient (Wildman–Crippen LogP) is 2.19. The van der Waals surface area contributed by atoms with Gasteiger partial charge in [-0.3, -0.25) is 10.1 Å². The molecule has 4 aliphatic rings. The first kappa shape index (κ1) is 10.1. The van der Waals surface area contributed by atoms with Gasteiger partial charge >= 0.3 is 0 Å². The monoisotopic (exact) mass is 218 g/mol. The number of hydrogen-bond donors (Lipinski definition) is 1. The highest BCUT2D eigenvalue weighted by atomic mass is 16.2. The smallest absolute Gasteiger partial charge is 0.239 e. The van der Waals surface area contributed by atoms with Crippen molar-refractivity contribution in [2.75, 3.05) is 0 Å². The van der Waals surface area contributed by atoms with Gasteiger partial charge in [0.15, 0.2) is 6.19 Å². The van der Waals surface area contributed by atoms with Gasteiger partial charge < -0.3 is 0 Å². The summed E-state index contributed by atoms with van der Waals surface area (Å²) in [5, 5.41) is 11.0. The zero-order chi connectivity index (χ0) is 11.4. The van der Waals surface area contributed by atoms with E-state index < -0.39 is 0 Å². The fourth-order valence-electron chi connectivity index (χ4n) is 5.17. The fourth-order valence-corrected chi connectivity index (χ4v) is 5.17. The Morgan fingerprint density at radius 2 is 1.94 bits per heavy atom. The first-order valence-corrected chi connectivity index (χ1v) is 6.25. The minimum Gasteiger partial charge on any atom is -0.273 e. The van der Waals surface area contributed by atoms with Gasteiger partial charge in [0.2, 0.25) is 5.91 Å². The van der Waals surface area contributed by atoms with Gasteiger partial charge in [0.05, 0.1) is 5.41 Å². The van der Waals surface area contributed by atoms with Crippen molar-refractivity contribution in [1.29, 1.82) is 5.26 Å². The lowest BCUT2D eigenvalue weighted by atomic mass is 9.44. The van der Waals surface area contributed by atoms with Gasteiger partial charge in [0, 0.05) is 0 Å². The number of rotatable bonds is 1. The van der Waals surface area contributed by atoms with E-state index >= 15 is 0 Å². The molecule has 3 nitrogen and oxygen atoms in total. The third-order valence-electron chi connectivity index (χ3n) is 5.00. The molecule has 4 fully saturated rings. The normalized spacial score (nSPS) is 48.8. The molecule has 0 heterocycles. The quantitative estimate of drug-likeness (QED) is 0.542. The molecule has 0 aromatic rings. The third kappa shape index (κ3) is 1.29. The minimum absolute atomic E-state index is 0.00433. The van der Waals surface area contributed by atoms with Crippen LogP contribution in [0.2, 0.25) is 0 Å². The van der Waals surface area contributed by atoms with Crippen LogP contribution in [0.25, 0.3) is 0 Å². The Morgan fingerprint density at radius 1 is 1.31 bits per heavy atom. The first-order chi connectivity index (χ1) is 7.55. The average molecular weight is 218 g/mol. The highest BCUT2D eigenvalue weighted by Gasteiger charge is 2.58. The molecule has 4 bridgehead atoms. The van der Waals surface area contributed by atoms with Crippen molar-refractivity contribution in [3.63, 3.8) is 0 Å². The molecule has 0 aromatic heterocycles. The second-order valence-corrected chi connectivity index (χ2v) is 6.62. The summed E-state index contributed by atoms with van der Waals surface area (Å²) in [6.45, 7) is 2.33. The second-order valence-electron chi connectivity index (χ2n) is 6.62. The molecule has 1 amide bonds. The van der Waals surface area contributed by atoms with E-state index in [0.29, 0.717) is 5.41 Å². The van der Waals surface area contributed by atoms with E-state index in [4.69, 9.17) is 5.26 Å². The number of nitrogens with one attached hydrogen (secondary N) is 1. The van der Waals surface area contributed by atoms with Gasteiger partial charge in [-0.25, -0.2) is 0 Å². The molecule has 4 rings (SSSR count). The largest absolute Gasteiger partial charge is 0.273 e. The maximum absolute atomic E-state index is 12.1. The number of carbonyl (C=O) groups excluding carboxylic acids is 1. The molecule has 3 heteroatoms. The van der Waals surface area contributed by atoms with E-state index in [9.17, 15) is 4.79 Å². The molecule has 86 valence electrons. The molecule has 0 spiro atoms. The Balaban J connectivity index is 1.92. The van der Waals surface area contributed by atoms with E-state index in [0.717, 1.165) is 31.1 Å². The molecule has 0 aliphatic heterocycles. The van der Waals surface area contributed by atoms with Gasteiger partial charge in [-0.1, -0.05) is 6.92 Å². The van der Waals surface area contributed by atoms with Crippen molar-refractivity contribution in [1.82, 2.24) is 5.32 Å². The first-order valence-electron chi connectivity index (χ1n) is 6.25. The Kier molecular flexibility index (Phi) is 1.90. The standard InChI is InChI=1S/C13H18N2O/c1-12-3-9-2-10(4-12)6-13(5-9,7-12)11(16)15-8-14/h9-10H,2-7H2,1H3,(H,15,16). The summed E-state index contributed by atoms with van der Waals surface area (Å²) in [5.41, 5.74) is 0.172. The van der Waals surface area contributed by atoms with Crippen LogP contribution >= 0.6 is 0 Å². The zero-order valence-electron chi connectivity index (χ0n) is 9.75. The van der Waals surface area contributed by atoms with E-state index in [1.807, 2.05) is 0 Å². The Morgan fingerprint density at radius 3 is 2.44 bits per heavy atom. The van der Waals surface area contributed by atoms with E-state index in [1.165, 1.54) is 19.3 Å². The zero-order valence-corrected chi connectivity index (χ0v) is 9.75. The lowest BCUT2D eigenvalue weighted by molar-refractivity contribution is -0.154. The summed E-state index contributed by atoms with van der Waals surface area (Å²) in [4.78, 5) is 12.1. The van der Waals surface area contributed by atoms with Crippen LogP contribution in [0.15, 0.2) is 0 Å². The Bertz CT molecular complexity index is 368. The summed E-state index contributed by atoms with van der Waals surface area (Å²) < 4.78 is 0. The van der Waals surface area contributed by atoms with E-state index in [2.05, 4.69) is 12.2 Å².